The molecule has 106 valence electrons. The predicted octanol–water partition coefficient (Wildman–Crippen LogP) is 3.62. The van der Waals surface area contributed by atoms with Crippen LogP contribution >= 0.6 is 0 Å². The molecule has 7 heteroatoms. The topological polar surface area (TPSA) is 63.3 Å². The number of rotatable bonds is 3. The lowest BCUT2D eigenvalue weighted by Gasteiger charge is -2.11. The number of aryl methyl sites for hydroxylation is 1. The Balaban J connectivity index is 2.70. The third-order valence-electron chi connectivity index (χ3n) is 2.79. The van der Waals surface area contributed by atoms with E-state index in [-0.39, 0.29) is 29.0 Å². The highest BCUT2D eigenvalue weighted by Crippen LogP contribution is 2.38. The lowest BCUT2D eigenvalue weighted by molar-refractivity contribution is -0.137. The number of benzene rings is 1. The van der Waals surface area contributed by atoms with Crippen molar-refractivity contribution in [2.75, 3.05) is 0 Å². The van der Waals surface area contributed by atoms with Crippen molar-refractivity contribution in [2.24, 2.45) is 0 Å². The van der Waals surface area contributed by atoms with E-state index in [1.807, 2.05) is 0 Å². The van der Waals surface area contributed by atoms with Crippen LogP contribution in [0.25, 0.3) is 11.3 Å². The van der Waals surface area contributed by atoms with Crippen molar-refractivity contribution in [1.82, 2.24) is 5.16 Å². The molecule has 0 aliphatic carbocycles. The smallest absolute Gasteiger partial charge is 0.417 e. The molecule has 0 spiro atoms. The maximum absolute atomic E-state index is 12.9. The third-order valence-corrected chi connectivity index (χ3v) is 2.79. The first-order valence-corrected chi connectivity index (χ1v) is 5.74. The van der Waals surface area contributed by atoms with Crippen LogP contribution in [0.4, 0.5) is 13.2 Å². The summed E-state index contributed by atoms with van der Waals surface area (Å²) in [7, 11) is 0. The van der Waals surface area contributed by atoms with Crippen LogP contribution in [0.15, 0.2) is 28.8 Å². The van der Waals surface area contributed by atoms with E-state index in [9.17, 15) is 18.0 Å². The average molecular weight is 285 g/mol. The van der Waals surface area contributed by atoms with Gasteiger partial charge in [-0.3, -0.25) is 0 Å². The molecule has 20 heavy (non-hydrogen) atoms. The molecule has 0 saturated carbocycles. The van der Waals surface area contributed by atoms with E-state index < -0.39 is 17.7 Å². The Morgan fingerprint density at radius 3 is 2.55 bits per heavy atom. The second-order valence-electron chi connectivity index (χ2n) is 4.03. The fourth-order valence-corrected chi connectivity index (χ4v) is 1.91. The van der Waals surface area contributed by atoms with E-state index in [1.165, 1.54) is 18.2 Å². The van der Waals surface area contributed by atoms with Crippen molar-refractivity contribution in [3.05, 3.63) is 41.2 Å². The molecule has 1 heterocycles. The van der Waals surface area contributed by atoms with Gasteiger partial charge in [-0.15, -0.1) is 0 Å². The van der Waals surface area contributed by atoms with Gasteiger partial charge in [-0.1, -0.05) is 30.3 Å². The van der Waals surface area contributed by atoms with Crippen molar-refractivity contribution < 1.29 is 27.6 Å². The van der Waals surface area contributed by atoms with Gasteiger partial charge < -0.3 is 9.63 Å². The SMILES string of the molecule is CCc1onc(-c2ccccc2C(F)(F)F)c1C(=O)O. The van der Waals surface area contributed by atoms with Gasteiger partial charge in [-0.2, -0.15) is 13.2 Å². The number of nitrogens with zero attached hydrogens (tertiary/aromatic N) is 1. The van der Waals surface area contributed by atoms with Gasteiger partial charge in [0.2, 0.25) is 0 Å². The molecule has 0 saturated heterocycles. The summed E-state index contributed by atoms with van der Waals surface area (Å²) >= 11 is 0. The van der Waals surface area contributed by atoms with Crippen molar-refractivity contribution in [3.63, 3.8) is 0 Å². The van der Waals surface area contributed by atoms with Gasteiger partial charge in [0.05, 0.1) is 5.56 Å². The van der Waals surface area contributed by atoms with Crippen LogP contribution in [0.2, 0.25) is 0 Å². The summed E-state index contributed by atoms with van der Waals surface area (Å²) < 4.78 is 43.7. The fourth-order valence-electron chi connectivity index (χ4n) is 1.91. The molecule has 0 atom stereocenters. The van der Waals surface area contributed by atoms with E-state index in [0.717, 1.165) is 6.07 Å². The number of carboxylic acid groups (broad SMARTS) is 1. The van der Waals surface area contributed by atoms with Gasteiger partial charge in [0.15, 0.2) is 5.76 Å². The van der Waals surface area contributed by atoms with Gasteiger partial charge in [-0.25, -0.2) is 4.79 Å². The second kappa shape index (κ2) is 4.99. The predicted molar refractivity (Wildman–Crippen MR) is 63.3 cm³/mol. The van der Waals surface area contributed by atoms with Crippen LogP contribution in [-0.2, 0) is 12.6 Å². The summed E-state index contributed by atoms with van der Waals surface area (Å²) in [6.45, 7) is 1.63. The van der Waals surface area contributed by atoms with Gasteiger partial charge in [0, 0.05) is 12.0 Å². The number of hydrogen-bond acceptors (Lipinski definition) is 3. The minimum absolute atomic E-state index is 0.0458. The first kappa shape index (κ1) is 14.1. The molecule has 0 bridgehead atoms. The Morgan fingerprint density at radius 2 is 2.00 bits per heavy atom. The van der Waals surface area contributed by atoms with Crippen LogP contribution in [0, 0.1) is 0 Å². The quantitative estimate of drug-likeness (QED) is 0.935. The number of carboxylic acids is 1. The maximum Gasteiger partial charge on any atom is 0.417 e. The zero-order valence-corrected chi connectivity index (χ0v) is 10.4. The Morgan fingerprint density at radius 1 is 1.35 bits per heavy atom. The molecule has 0 aliphatic heterocycles. The normalized spacial score (nSPS) is 11.6. The molecule has 0 fully saturated rings. The number of aromatic carboxylic acids is 1. The lowest BCUT2D eigenvalue weighted by Crippen LogP contribution is -2.09. The summed E-state index contributed by atoms with van der Waals surface area (Å²) in [6, 6.07) is 4.66. The zero-order chi connectivity index (χ0) is 14.9. The Bertz CT molecular complexity index is 647. The van der Waals surface area contributed by atoms with Crippen molar-refractivity contribution >= 4 is 5.97 Å². The van der Waals surface area contributed by atoms with E-state index in [4.69, 9.17) is 9.63 Å². The Kier molecular flexibility index (Phi) is 3.52. The molecule has 0 aliphatic rings. The maximum atomic E-state index is 12.9. The van der Waals surface area contributed by atoms with Crippen LogP contribution in [0.1, 0.15) is 28.6 Å². The monoisotopic (exact) mass is 285 g/mol. The van der Waals surface area contributed by atoms with Crippen LogP contribution in [0.3, 0.4) is 0 Å². The molecule has 0 radical (unpaired) electrons. The van der Waals surface area contributed by atoms with E-state index in [2.05, 4.69) is 5.16 Å². The molecule has 0 unspecified atom stereocenters. The molecule has 1 aromatic carbocycles. The van der Waals surface area contributed by atoms with Gasteiger partial charge in [0.25, 0.3) is 0 Å². The van der Waals surface area contributed by atoms with Crippen molar-refractivity contribution in [1.29, 1.82) is 0 Å². The van der Waals surface area contributed by atoms with Crippen molar-refractivity contribution in [3.8, 4) is 11.3 Å². The Hall–Kier alpha value is -2.31. The van der Waals surface area contributed by atoms with Crippen LogP contribution in [0.5, 0.6) is 0 Å². The first-order chi connectivity index (χ1) is 9.36. The lowest BCUT2D eigenvalue weighted by atomic mass is 10.00. The number of carbonyl (C=O) groups is 1. The van der Waals surface area contributed by atoms with Gasteiger partial charge >= 0.3 is 12.1 Å². The molecule has 1 N–H and O–H groups in total. The molecular formula is C13H10F3NO3. The van der Waals surface area contributed by atoms with E-state index >= 15 is 0 Å². The summed E-state index contributed by atoms with van der Waals surface area (Å²) in [4.78, 5) is 11.2. The van der Waals surface area contributed by atoms with Crippen LogP contribution in [-0.4, -0.2) is 16.2 Å². The molecule has 2 aromatic rings. The highest BCUT2D eigenvalue weighted by Gasteiger charge is 2.35. The first-order valence-electron chi connectivity index (χ1n) is 5.74. The van der Waals surface area contributed by atoms with E-state index in [0.29, 0.717) is 0 Å². The van der Waals surface area contributed by atoms with Crippen molar-refractivity contribution in [2.45, 2.75) is 19.5 Å². The molecule has 2 rings (SSSR count). The van der Waals surface area contributed by atoms with E-state index in [1.54, 1.807) is 6.92 Å². The fraction of sp³-hybridized carbons (Fsp3) is 0.231. The number of alkyl halides is 3. The van der Waals surface area contributed by atoms with Crippen LogP contribution < -0.4 is 0 Å². The third kappa shape index (κ3) is 2.38. The second-order valence-corrected chi connectivity index (χ2v) is 4.03. The number of aromatic nitrogens is 1. The van der Waals surface area contributed by atoms with Gasteiger partial charge in [-0.05, 0) is 6.07 Å². The zero-order valence-electron chi connectivity index (χ0n) is 10.4. The summed E-state index contributed by atoms with van der Waals surface area (Å²) in [5.74, 6) is -1.32. The highest BCUT2D eigenvalue weighted by molar-refractivity contribution is 5.96. The number of hydrogen-bond donors (Lipinski definition) is 1. The standard InChI is InChI=1S/C13H10F3NO3/c1-2-9-10(12(18)19)11(17-20-9)7-5-3-4-6-8(7)13(14,15)16/h3-6H,2H2,1H3,(H,18,19). The Labute approximate surface area is 111 Å². The highest BCUT2D eigenvalue weighted by atomic mass is 19.4. The minimum atomic E-state index is -4.60. The summed E-state index contributed by atoms with van der Waals surface area (Å²) in [5, 5.41) is 12.6. The minimum Gasteiger partial charge on any atom is -0.477 e. The van der Waals surface area contributed by atoms with Gasteiger partial charge in [0.1, 0.15) is 11.3 Å². The molecule has 0 amide bonds. The molecular weight excluding hydrogens is 275 g/mol. The summed E-state index contributed by atoms with van der Waals surface area (Å²) in [6.07, 6.45) is -4.37. The molecule has 1 aromatic heterocycles. The number of halogens is 3. The summed E-state index contributed by atoms with van der Waals surface area (Å²) in [5.41, 5.74) is -1.88. The average Bonchev–Trinajstić information content (AvgIpc) is 2.81. The largest absolute Gasteiger partial charge is 0.477 e. The molecule has 4 nitrogen and oxygen atoms in total.